The van der Waals surface area contributed by atoms with Crippen molar-refractivity contribution < 1.29 is 33.3 Å². The number of carbonyl (C=O) groups excluding carboxylic acids is 1. The van der Waals surface area contributed by atoms with Gasteiger partial charge in [0.25, 0.3) is 5.91 Å². The van der Waals surface area contributed by atoms with E-state index in [0.29, 0.717) is 24.5 Å². The summed E-state index contributed by atoms with van der Waals surface area (Å²) in [5.74, 6) is 0.473. The molecule has 9 nitrogen and oxygen atoms in total. The number of benzene rings is 1. The minimum Gasteiger partial charge on any atom is -0.490 e. The van der Waals surface area contributed by atoms with Gasteiger partial charge in [0.1, 0.15) is 0 Å². The van der Waals surface area contributed by atoms with E-state index < -0.39 is 12.2 Å². The summed E-state index contributed by atoms with van der Waals surface area (Å²) in [7, 11) is 1.65. The summed E-state index contributed by atoms with van der Waals surface area (Å²) in [4.78, 5) is 27.9. The van der Waals surface area contributed by atoms with Crippen molar-refractivity contribution in [3.8, 4) is 5.75 Å². The Kier molecular flexibility index (Phi) is 6.86. The van der Waals surface area contributed by atoms with E-state index in [2.05, 4.69) is 0 Å². The third-order valence-electron chi connectivity index (χ3n) is 6.00. The number of ether oxygens (including phenoxy) is 3. The number of amides is 2. The SMILES string of the molecule is COCCCOc1cc(C(C)N(C(=O)[C@H]2CN(C(=O)O)CCO2)C2CC2)cc2ccoc12. The summed E-state index contributed by atoms with van der Waals surface area (Å²) in [5.41, 5.74) is 1.61. The number of morpholine rings is 1. The van der Waals surface area contributed by atoms with Crippen molar-refractivity contribution in [1.82, 2.24) is 9.80 Å². The molecule has 0 bridgehead atoms. The number of hydrogen-bond donors (Lipinski definition) is 1. The fourth-order valence-electron chi connectivity index (χ4n) is 4.14. The van der Waals surface area contributed by atoms with E-state index in [0.717, 1.165) is 30.2 Å². The van der Waals surface area contributed by atoms with Crippen molar-refractivity contribution in [1.29, 1.82) is 0 Å². The van der Waals surface area contributed by atoms with Gasteiger partial charge in [-0.1, -0.05) is 0 Å². The smallest absolute Gasteiger partial charge is 0.407 e. The Morgan fingerprint density at radius 2 is 2.12 bits per heavy atom. The standard InChI is InChI=1S/C23H30N2O7/c1-15(17-12-16-6-10-32-21(16)19(13-17)30-9-3-8-29-2)25(18-4-5-18)22(26)20-14-24(23(27)28)7-11-31-20/h6,10,12-13,15,18,20H,3-5,7-9,11,14H2,1-2H3,(H,27,28)/t15?,20-/m1/s1. The lowest BCUT2D eigenvalue weighted by Crippen LogP contribution is -2.53. The predicted molar refractivity (Wildman–Crippen MR) is 116 cm³/mol. The highest BCUT2D eigenvalue weighted by Gasteiger charge is 2.41. The van der Waals surface area contributed by atoms with E-state index in [1.54, 1.807) is 13.4 Å². The third kappa shape index (κ3) is 4.83. The van der Waals surface area contributed by atoms with Gasteiger partial charge in [-0.05, 0) is 43.5 Å². The Labute approximate surface area is 186 Å². The molecule has 2 fully saturated rings. The molecule has 2 heterocycles. The Hall–Kier alpha value is -2.78. The van der Waals surface area contributed by atoms with Crippen LogP contribution in [0.3, 0.4) is 0 Å². The zero-order valence-electron chi connectivity index (χ0n) is 18.5. The Morgan fingerprint density at radius 1 is 1.31 bits per heavy atom. The van der Waals surface area contributed by atoms with Crippen LogP contribution in [0.2, 0.25) is 0 Å². The van der Waals surface area contributed by atoms with Crippen molar-refractivity contribution in [3.05, 3.63) is 30.0 Å². The molecule has 2 atom stereocenters. The Balaban J connectivity index is 1.56. The number of hydrogen-bond acceptors (Lipinski definition) is 6. The lowest BCUT2D eigenvalue weighted by molar-refractivity contribution is -0.151. The fraction of sp³-hybridized carbons (Fsp3) is 0.565. The monoisotopic (exact) mass is 446 g/mol. The molecule has 1 N–H and O–H groups in total. The number of carboxylic acid groups (broad SMARTS) is 1. The highest BCUT2D eigenvalue weighted by Crippen LogP contribution is 2.38. The van der Waals surface area contributed by atoms with Gasteiger partial charge in [0.15, 0.2) is 17.4 Å². The van der Waals surface area contributed by atoms with Crippen LogP contribution in [0.1, 0.15) is 37.8 Å². The highest BCUT2D eigenvalue weighted by atomic mass is 16.5. The maximum atomic E-state index is 13.4. The van der Waals surface area contributed by atoms with Crippen LogP contribution in [0.25, 0.3) is 11.0 Å². The average molecular weight is 447 g/mol. The van der Waals surface area contributed by atoms with Crippen LogP contribution in [0.15, 0.2) is 28.9 Å². The summed E-state index contributed by atoms with van der Waals surface area (Å²) in [6, 6.07) is 5.73. The first-order valence-electron chi connectivity index (χ1n) is 11.0. The Bertz CT molecular complexity index is 955. The molecule has 1 aromatic heterocycles. The molecule has 1 aliphatic carbocycles. The molecule has 0 spiro atoms. The minimum absolute atomic E-state index is 0.0543. The van der Waals surface area contributed by atoms with E-state index in [-0.39, 0.29) is 37.7 Å². The normalized spacial score (nSPS) is 19.7. The quantitative estimate of drug-likeness (QED) is 0.590. The van der Waals surface area contributed by atoms with E-state index in [9.17, 15) is 14.7 Å². The van der Waals surface area contributed by atoms with Gasteiger partial charge < -0.3 is 33.5 Å². The molecule has 1 unspecified atom stereocenters. The van der Waals surface area contributed by atoms with Crippen LogP contribution in [-0.4, -0.2) is 79.1 Å². The van der Waals surface area contributed by atoms with Crippen molar-refractivity contribution >= 4 is 23.0 Å². The molecule has 174 valence electrons. The largest absolute Gasteiger partial charge is 0.490 e. The molecule has 1 saturated carbocycles. The highest BCUT2D eigenvalue weighted by molar-refractivity contribution is 5.85. The zero-order chi connectivity index (χ0) is 22.7. The van der Waals surface area contributed by atoms with Crippen LogP contribution in [0.5, 0.6) is 5.75 Å². The summed E-state index contributed by atoms with van der Waals surface area (Å²) in [6.45, 7) is 3.64. The van der Waals surface area contributed by atoms with Crippen LogP contribution in [0.4, 0.5) is 4.79 Å². The predicted octanol–water partition coefficient (Wildman–Crippen LogP) is 3.28. The van der Waals surface area contributed by atoms with Gasteiger partial charge in [0.2, 0.25) is 0 Å². The first-order chi connectivity index (χ1) is 15.5. The molecule has 1 saturated heterocycles. The van der Waals surface area contributed by atoms with Gasteiger partial charge in [-0.2, -0.15) is 0 Å². The molecule has 2 amide bonds. The van der Waals surface area contributed by atoms with E-state index in [4.69, 9.17) is 18.6 Å². The lowest BCUT2D eigenvalue weighted by Gasteiger charge is -2.36. The van der Waals surface area contributed by atoms with Crippen molar-refractivity contribution in [2.45, 2.75) is 44.4 Å². The minimum atomic E-state index is -1.03. The summed E-state index contributed by atoms with van der Waals surface area (Å²) >= 11 is 0. The van der Waals surface area contributed by atoms with Crippen molar-refractivity contribution in [2.24, 2.45) is 0 Å². The van der Waals surface area contributed by atoms with Gasteiger partial charge in [-0.15, -0.1) is 0 Å². The number of nitrogens with zero attached hydrogens (tertiary/aromatic N) is 2. The van der Waals surface area contributed by atoms with E-state index in [1.807, 2.05) is 30.0 Å². The number of methoxy groups -OCH3 is 1. The average Bonchev–Trinajstić information content (AvgIpc) is 3.51. The molecule has 2 aromatic rings. The molecule has 1 aliphatic heterocycles. The topological polar surface area (TPSA) is 102 Å². The first kappa shape index (κ1) is 22.4. The zero-order valence-corrected chi connectivity index (χ0v) is 18.5. The molecule has 9 heteroatoms. The molecular weight excluding hydrogens is 416 g/mol. The molecule has 0 radical (unpaired) electrons. The van der Waals surface area contributed by atoms with E-state index >= 15 is 0 Å². The fourth-order valence-corrected chi connectivity index (χ4v) is 4.14. The lowest BCUT2D eigenvalue weighted by atomic mass is 10.0. The first-order valence-corrected chi connectivity index (χ1v) is 11.0. The van der Waals surface area contributed by atoms with Crippen molar-refractivity contribution in [3.63, 3.8) is 0 Å². The number of fused-ring (bicyclic) bond motifs is 1. The Morgan fingerprint density at radius 3 is 2.84 bits per heavy atom. The van der Waals surface area contributed by atoms with Crippen LogP contribution in [0, 0.1) is 0 Å². The van der Waals surface area contributed by atoms with Gasteiger partial charge in [0.05, 0.1) is 32.1 Å². The summed E-state index contributed by atoms with van der Waals surface area (Å²) < 4.78 is 22.4. The number of furan rings is 1. The van der Waals surface area contributed by atoms with Gasteiger partial charge in [0, 0.05) is 38.1 Å². The molecule has 4 rings (SSSR count). The van der Waals surface area contributed by atoms with Crippen LogP contribution >= 0.6 is 0 Å². The summed E-state index contributed by atoms with van der Waals surface area (Å²) in [5, 5.41) is 10.2. The van der Waals surface area contributed by atoms with Gasteiger partial charge in [-0.3, -0.25) is 4.79 Å². The number of rotatable bonds is 9. The van der Waals surface area contributed by atoms with E-state index in [1.165, 1.54) is 4.90 Å². The third-order valence-corrected chi connectivity index (χ3v) is 6.00. The second-order valence-electron chi connectivity index (χ2n) is 8.29. The van der Waals surface area contributed by atoms with Crippen LogP contribution < -0.4 is 4.74 Å². The summed E-state index contributed by atoms with van der Waals surface area (Å²) in [6.07, 6.45) is 2.42. The second-order valence-corrected chi connectivity index (χ2v) is 8.29. The molecular formula is C23H30N2O7. The second kappa shape index (κ2) is 9.79. The van der Waals surface area contributed by atoms with Crippen molar-refractivity contribution in [2.75, 3.05) is 40.0 Å². The maximum absolute atomic E-state index is 13.4. The van der Waals surface area contributed by atoms with Gasteiger partial charge in [-0.25, -0.2) is 4.79 Å². The molecule has 32 heavy (non-hydrogen) atoms. The molecule has 2 aliphatic rings. The number of carbonyl (C=O) groups is 2. The maximum Gasteiger partial charge on any atom is 0.407 e. The van der Waals surface area contributed by atoms with Gasteiger partial charge >= 0.3 is 6.09 Å². The van der Waals surface area contributed by atoms with Crippen LogP contribution in [-0.2, 0) is 14.3 Å². The molecule has 1 aromatic carbocycles.